The lowest BCUT2D eigenvalue weighted by Gasteiger charge is -2.44. The largest absolute Gasteiger partial charge is 0.504 e. The number of halogens is 1. The van der Waals surface area contributed by atoms with Crippen molar-refractivity contribution in [2.75, 3.05) is 16.9 Å². The van der Waals surface area contributed by atoms with E-state index < -0.39 is 71.1 Å². The number of aromatic hydroxyl groups is 1. The van der Waals surface area contributed by atoms with Crippen LogP contribution in [0.3, 0.4) is 0 Å². The normalized spacial score (nSPS) is 26.2. The molecule has 2 saturated heterocycles. The van der Waals surface area contributed by atoms with Crippen LogP contribution >= 0.6 is 22.6 Å². The van der Waals surface area contributed by atoms with E-state index in [1.807, 2.05) is 28.7 Å². The Morgan fingerprint density at radius 2 is 1.33 bits per heavy atom. The first-order valence-corrected chi connectivity index (χ1v) is 16.2. The number of benzene rings is 3. The Morgan fingerprint density at radius 1 is 0.771 bits per heavy atom. The second kappa shape index (κ2) is 11.6. The number of allylic oxidation sites excluding steroid dienone is 2. The van der Waals surface area contributed by atoms with Gasteiger partial charge in [0.25, 0.3) is 0 Å². The second-order valence-electron chi connectivity index (χ2n) is 12.3. The van der Waals surface area contributed by atoms with Crippen LogP contribution in [-0.2, 0) is 19.2 Å². The molecule has 48 heavy (non-hydrogen) atoms. The first-order valence-electron chi connectivity index (χ1n) is 15.1. The lowest BCUT2D eigenvalue weighted by atomic mass is 9.57. The molecule has 1 saturated carbocycles. The fraction of sp³-hybridized carbons (Fsp3) is 0.257. The Kier molecular flexibility index (Phi) is 7.61. The van der Waals surface area contributed by atoms with E-state index in [1.165, 1.54) is 55.6 Å². The Balaban J connectivity index is 1.35. The molecule has 4 aliphatic rings. The number of imide groups is 2. The Labute approximate surface area is 286 Å². The monoisotopic (exact) mass is 762 g/mol. The van der Waals surface area contributed by atoms with Crippen molar-refractivity contribution in [1.82, 2.24) is 0 Å². The second-order valence-corrected chi connectivity index (χ2v) is 13.5. The van der Waals surface area contributed by atoms with Gasteiger partial charge in [-0.05, 0) is 95.4 Å². The number of aromatic carboxylic acids is 2. The molecule has 0 bridgehead atoms. The van der Waals surface area contributed by atoms with Gasteiger partial charge in [-0.2, -0.15) is 0 Å². The van der Waals surface area contributed by atoms with Crippen LogP contribution in [0.5, 0.6) is 11.5 Å². The molecule has 12 nitrogen and oxygen atoms in total. The molecule has 2 heterocycles. The molecule has 7 rings (SSSR count). The molecule has 0 aromatic heterocycles. The number of rotatable bonds is 6. The van der Waals surface area contributed by atoms with Gasteiger partial charge in [-0.25, -0.2) is 9.59 Å². The zero-order chi connectivity index (χ0) is 34.2. The first kappa shape index (κ1) is 31.5. The van der Waals surface area contributed by atoms with E-state index in [4.69, 9.17) is 4.74 Å². The third-order valence-corrected chi connectivity index (χ3v) is 10.8. The molecule has 0 spiro atoms. The van der Waals surface area contributed by atoms with Crippen molar-refractivity contribution in [3.63, 3.8) is 0 Å². The molecular formula is C35H27IN2O10. The number of carboxylic acids is 2. The molecule has 6 atom stereocenters. The third kappa shape index (κ3) is 4.70. The van der Waals surface area contributed by atoms with E-state index in [9.17, 15) is 44.1 Å². The van der Waals surface area contributed by atoms with Crippen molar-refractivity contribution in [2.45, 2.75) is 18.8 Å². The topological polar surface area (TPSA) is 179 Å². The van der Waals surface area contributed by atoms with Crippen molar-refractivity contribution in [1.29, 1.82) is 0 Å². The Morgan fingerprint density at radius 3 is 1.90 bits per heavy atom. The number of hydrogen-bond donors (Lipinski definition) is 3. The van der Waals surface area contributed by atoms with Crippen molar-refractivity contribution in [3.8, 4) is 11.5 Å². The summed E-state index contributed by atoms with van der Waals surface area (Å²) in [5, 5.41) is 29.7. The maximum Gasteiger partial charge on any atom is 0.335 e. The molecule has 6 unspecified atom stereocenters. The van der Waals surface area contributed by atoms with Gasteiger partial charge in [-0.1, -0.05) is 23.8 Å². The third-order valence-electron chi connectivity index (χ3n) is 9.98. The summed E-state index contributed by atoms with van der Waals surface area (Å²) >= 11 is 1.95. The fourth-order valence-corrected chi connectivity index (χ4v) is 8.58. The number of phenolic OH excluding ortho intramolecular Hbond substituents is 1. The lowest BCUT2D eigenvalue weighted by Crippen LogP contribution is -2.43. The predicted molar refractivity (Wildman–Crippen MR) is 177 cm³/mol. The van der Waals surface area contributed by atoms with E-state index in [1.54, 1.807) is 12.1 Å². The maximum atomic E-state index is 14.3. The molecule has 3 fully saturated rings. The number of carbonyl (C=O) groups excluding carboxylic acids is 4. The number of methoxy groups -OCH3 is 1. The summed E-state index contributed by atoms with van der Waals surface area (Å²) in [5.41, 5.74) is 1.36. The zero-order valence-electron chi connectivity index (χ0n) is 25.2. The van der Waals surface area contributed by atoms with Crippen LogP contribution in [0.15, 0.2) is 72.3 Å². The molecule has 2 aliphatic heterocycles. The van der Waals surface area contributed by atoms with Gasteiger partial charge in [0.05, 0.1) is 56.9 Å². The highest BCUT2D eigenvalue weighted by Crippen LogP contribution is 2.59. The lowest BCUT2D eigenvalue weighted by molar-refractivity contribution is -0.126. The Bertz CT molecular complexity index is 2010. The average Bonchev–Trinajstić information content (AvgIpc) is 3.48. The fourth-order valence-electron chi connectivity index (χ4n) is 7.96. The highest BCUT2D eigenvalue weighted by atomic mass is 127. The van der Waals surface area contributed by atoms with Gasteiger partial charge in [-0.15, -0.1) is 0 Å². The Hall–Kier alpha value is -5.05. The zero-order valence-corrected chi connectivity index (χ0v) is 27.4. The van der Waals surface area contributed by atoms with E-state index in [-0.39, 0.29) is 46.8 Å². The van der Waals surface area contributed by atoms with Crippen molar-refractivity contribution in [2.24, 2.45) is 29.6 Å². The van der Waals surface area contributed by atoms with Crippen LogP contribution in [0.4, 0.5) is 11.4 Å². The van der Waals surface area contributed by atoms with Crippen LogP contribution in [0.25, 0.3) is 0 Å². The van der Waals surface area contributed by atoms with Crippen molar-refractivity contribution < 1.29 is 48.8 Å². The SMILES string of the molecule is COc1cc(C2C3=CCC4C(=O)N(c5cccc(C(=O)O)c5)C(=O)C4C3CC3C(=O)N(c4cccc(C(=O)O)c4)C(=O)C32)cc(I)c1O. The number of amides is 4. The number of phenols is 1. The van der Waals surface area contributed by atoms with Crippen LogP contribution < -0.4 is 14.5 Å². The van der Waals surface area contributed by atoms with Crippen LogP contribution in [0.2, 0.25) is 0 Å². The van der Waals surface area contributed by atoms with E-state index in [0.29, 0.717) is 14.7 Å². The number of hydrogen-bond acceptors (Lipinski definition) is 8. The van der Waals surface area contributed by atoms with Crippen molar-refractivity contribution >= 4 is 69.5 Å². The molecule has 244 valence electrons. The summed E-state index contributed by atoms with van der Waals surface area (Å²) < 4.78 is 5.87. The minimum Gasteiger partial charge on any atom is -0.504 e. The van der Waals surface area contributed by atoms with Crippen LogP contribution in [0, 0.1) is 33.2 Å². The van der Waals surface area contributed by atoms with E-state index in [2.05, 4.69) is 0 Å². The summed E-state index contributed by atoms with van der Waals surface area (Å²) in [6.45, 7) is 0. The molecule has 4 amide bonds. The average molecular weight is 763 g/mol. The summed E-state index contributed by atoms with van der Waals surface area (Å²) in [6.07, 6.45) is 2.14. The molecule has 3 aromatic rings. The number of carboxylic acid groups (broad SMARTS) is 2. The summed E-state index contributed by atoms with van der Waals surface area (Å²) in [5.74, 6) is -9.26. The smallest absolute Gasteiger partial charge is 0.335 e. The van der Waals surface area contributed by atoms with Gasteiger partial charge < -0.3 is 20.1 Å². The summed E-state index contributed by atoms with van der Waals surface area (Å²) in [4.78, 5) is 82.0. The quantitative estimate of drug-likeness (QED) is 0.185. The number of carbonyl (C=O) groups is 6. The highest BCUT2D eigenvalue weighted by molar-refractivity contribution is 14.1. The van der Waals surface area contributed by atoms with E-state index in [0.717, 1.165) is 9.80 Å². The number of ether oxygens (including phenoxy) is 1. The predicted octanol–water partition coefficient (Wildman–Crippen LogP) is 4.45. The van der Waals surface area contributed by atoms with Crippen LogP contribution in [0.1, 0.15) is 45.0 Å². The minimum atomic E-state index is -1.22. The molecule has 3 aromatic carbocycles. The summed E-state index contributed by atoms with van der Waals surface area (Å²) in [6, 6.07) is 14.5. The standard InChI is InChI=1S/C35H27IN2O10/c1-48-25-13-17(12-24(36)29(25)39)26-20-8-9-21-27(32(42)37(30(21)40)18-6-2-4-15(10-18)34(44)45)22(20)14-23-28(26)33(43)38(31(23)41)19-7-3-5-16(11-19)35(46)47/h2-8,10-13,21-23,26-28,39H,9,14H2,1H3,(H,44,45)(H,46,47). The first-order chi connectivity index (χ1) is 22.9. The molecule has 3 N–H and O–H groups in total. The molecular weight excluding hydrogens is 735 g/mol. The van der Waals surface area contributed by atoms with Gasteiger partial charge in [0.2, 0.25) is 23.6 Å². The van der Waals surface area contributed by atoms with Gasteiger partial charge >= 0.3 is 11.9 Å². The number of nitrogens with zero attached hydrogens (tertiary/aromatic N) is 2. The van der Waals surface area contributed by atoms with E-state index >= 15 is 0 Å². The molecule has 0 radical (unpaired) electrons. The van der Waals surface area contributed by atoms with Gasteiger partial charge in [-0.3, -0.25) is 29.0 Å². The van der Waals surface area contributed by atoms with Crippen LogP contribution in [-0.4, -0.2) is 58.0 Å². The molecule has 2 aliphatic carbocycles. The van der Waals surface area contributed by atoms with Gasteiger partial charge in [0.1, 0.15) is 0 Å². The number of anilines is 2. The summed E-state index contributed by atoms with van der Waals surface area (Å²) in [7, 11) is 1.39. The molecule has 13 heteroatoms. The van der Waals surface area contributed by atoms with Gasteiger partial charge in [0, 0.05) is 5.92 Å². The van der Waals surface area contributed by atoms with Crippen molar-refractivity contribution in [3.05, 3.63) is 92.6 Å². The maximum absolute atomic E-state index is 14.3. The minimum absolute atomic E-state index is 0.0830. The van der Waals surface area contributed by atoms with Gasteiger partial charge in [0.15, 0.2) is 11.5 Å². The highest BCUT2D eigenvalue weighted by Gasteiger charge is 2.62. The number of fused-ring (bicyclic) bond motifs is 4.